The predicted octanol–water partition coefficient (Wildman–Crippen LogP) is 12.2. The van der Waals surface area contributed by atoms with Gasteiger partial charge in [0.25, 0.3) is 0 Å². The van der Waals surface area contributed by atoms with Crippen molar-refractivity contribution in [2.45, 2.75) is 0 Å². The lowest BCUT2D eigenvalue weighted by Crippen LogP contribution is -2.12. The number of para-hydroxylation sites is 3. The molecule has 0 saturated carbocycles. The summed E-state index contributed by atoms with van der Waals surface area (Å²) in [5, 5.41) is 7.36. The summed E-state index contributed by atoms with van der Waals surface area (Å²) in [5.74, 6) is 0. The van der Waals surface area contributed by atoms with Crippen molar-refractivity contribution in [1.82, 2.24) is 4.57 Å². The number of nitrogens with zero attached hydrogens (tertiary/aromatic N) is 2. The summed E-state index contributed by atoms with van der Waals surface area (Å²) < 4.78 is 2.40. The van der Waals surface area contributed by atoms with Gasteiger partial charge in [0.2, 0.25) is 0 Å². The third-order valence-corrected chi connectivity index (χ3v) is 9.13. The molecule has 2 nitrogen and oxygen atoms in total. The monoisotopic (exact) mass is 586 g/mol. The lowest BCUT2D eigenvalue weighted by molar-refractivity contribution is 1.18. The highest BCUT2D eigenvalue weighted by Gasteiger charge is 2.23. The molecule has 0 radical (unpaired) electrons. The second kappa shape index (κ2) is 10.8. The molecule has 0 aliphatic carbocycles. The molecule has 0 aliphatic rings. The summed E-state index contributed by atoms with van der Waals surface area (Å²) in [6, 6.07) is 65.8. The molecule has 0 unspecified atom stereocenters. The Morgan fingerprint density at radius 3 is 1.70 bits per heavy atom. The average molecular weight is 587 g/mol. The summed E-state index contributed by atoms with van der Waals surface area (Å²) in [6.45, 7) is 0. The topological polar surface area (TPSA) is 8.17 Å². The zero-order chi connectivity index (χ0) is 30.5. The molecular formula is C44H30N2. The van der Waals surface area contributed by atoms with Gasteiger partial charge >= 0.3 is 0 Å². The van der Waals surface area contributed by atoms with Crippen LogP contribution in [-0.4, -0.2) is 4.57 Å². The Kier molecular flexibility index (Phi) is 6.17. The fourth-order valence-corrected chi connectivity index (χ4v) is 7.10. The van der Waals surface area contributed by atoms with Crippen LogP contribution in [0.25, 0.3) is 60.2 Å². The zero-order valence-corrected chi connectivity index (χ0v) is 25.2. The van der Waals surface area contributed by atoms with Crippen molar-refractivity contribution in [3.05, 3.63) is 182 Å². The van der Waals surface area contributed by atoms with Crippen LogP contribution in [-0.2, 0) is 0 Å². The maximum Gasteiger partial charge on any atom is 0.0618 e. The van der Waals surface area contributed by atoms with E-state index >= 15 is 0 Å². The standard InChI is InChI=1S/C44H30N2/c1-3-15-31(16-4-1)36-21-11-13-25-41(36)46(44-37-22-9-7-17-32(37)29-33-18-8-10-23-38(33)44)35-27-28-40-39-24-12-14-26-42(39)45(43(40)30-35)34-19-5-2-6-20-34/h1-30H. The Morgan fingerprint density at radius 2 is 0.957 bits per heavy atom. The predicted molar refractivity (Wildman–Crippen MR) is 196 cm³/mol. The van der Waals surface area contributed by atoms with Gasteiger partial charge < -0.3 is 9.47 Å². The Hall–Kier alpha value is -6.12. The number of benzene rings is 8. The van der Waals surface area contributed by atoms with Gasteiger partial charge in [0.15, 0.2) is 0 Å². The molecule has 0 fully saturated rings. The molecule has 0 saturated heterocycles. The first-order valence-electron chi connectivity index (χ1n) is 15.8. The fraction of sp³-hybridized carbons (Fsp3) is 0. The van der Waals surface area contributed by atoms with Gasteiger partial charge in [-0.1, -0.05) is 140 Å². The van der Waals surface area contributed by atoms with Gasteiger partial charge in [-0.05, 0) is 58.8 Å². The lowest BCUT2D eigenvalue weighted by Gasteiger charge is -2.30. The quantitative estimate of drug-likeness (QED) is 0.182. The van der Waals surface area contributed by atoms with Crippen LogP contribution in [0, 0.1) is 0 Å². The maximum atomic E-state index is 2.49. The van der Waals surface area contributed by atoms with E-state index in [-0.39, 0.29) is 0 Å². The highest BCUT2D eigenvalue weighted by atomic mass is 15.2. The summed E-state index contributed by atoms with van der Waals surface area (Å²) >= 11 is 0. The molecule has 8 aromatic carbocycles. The molecule has 0 atom stereocenters. The average Bonchev–Trinajstić information content (AvgIpc) is 3.46. The Morgan fingerprint density at radius 1 is 0.391 bits per heavy atom. The van der Waals surface area contributed by atoms with Crippen molar-refractivity contribution in [1.29, 1.82) is 0 Å². The number of rotatable bonds is 5. The minimum atomic E-state index is 1.11. The van der Waals surface area contributed by atoms with Gasteiger partial charge in [0, 0.05) is 38.5 Å². The van der Waals surface area contributed by atoms with E-state index in [4.69, 9.17) is 0 Å². The first-order valence-corrected chi connectivity index (χ1v) is 15.8. The van der Waals surface area contributed by atoms with Gasteiger partial charge in [-0.15, -0.1) is 0 Å². The first-order chi connectivity index (χ1) is 22.8. The third-order valence-electron chi connectivity index (χ3n) is 9.13. The highest BCUT2D eigenvalue weighted by Crippen LogP contribution is 2.47. The molecule has 1 aromatic heterocycles. The van der Waals surface area contributed by atoms with Crippen molar-refractivity contribution >= 4 is 60.4 Å². The van der Waals surface area contributed by atoms with Crippen LogP contribution in [0.4, 0.5) is 17.1 Å². The molecule has 46 heavy (non-hydrogen) atoms. The number of hydrogen-bond acceptors (Lipinski definition) is 1. The SMILES string of the molecule is c1ccc(-c2ccccc2N(c2ccc3c4ccccc4n(-c4ccccc4)c3c2)c2c3ccccc3cc3ccccc23)cc1. The van der Waals surface area contributed by atoms with Crippen molar-refractivity contribution in [3.8, 4) is 16.8 Å². The third kappa shape index (κ3) is 4.19. The largest absolute Gasteiger partial charge is 0.309 e. The van der Waals surface area contributed by atoms with Gasteiger partial charge in [-0.25, -0.2) is 0 Å². The van der Waals surface area contributed by atoms with Crippen molar-refractivity contribution in [2.75, 3.05) is 4.90 Å². The summed E-state index contributed by atoms with van der Waals surface area (Å²) in [7, 11) is 0. The number of anilines is 3. The van der Waals surface area contributed by atoms with Gasteiger partial charge in [0.05, 0.1) is 22.4 Å². The maximum absolute atomic E-state index is 2.49. The fourth-order valence-electron chi connectivity index (χ4n) is 7.10. The molecule has 0 N–H and O–H groups in total. The van der Waals surface area contributed by atoms with E-state index in [1.807, 2.05) is 0 Å². The molecule has 0 aliphatic heterocycles. The number of fused-ring (bicyclic) bond motifs is 5. The summed E-state index contributed by atoms with van der Waals surface area (Å²) in [6.07, 6.45) is 0. The minimum Gasteiger partial charge on any atom is -0.309 e. The van der Waals surface area contributed by atoms with Crippen LogP contribution in [0.1, 0.15) is 0 Å². The molecule has 9 rings (SSSR count). The zero-order valence-electron chi connectivity index (χ0n) is 25.2. The van der Waals surface area contributed by atoms with E-state index in [0.29, 0.717) is 0 Å². The van der Waals surface area contributed by atoms with Crippen LogP contribution >= 0.6 is 0 Å². The molecule has 2 heteroatoms. The highest BCUT2D eigenvalue weighted by molar-refractivity contribution is 6.16. The number of hydrogen-bond donors (Lipinski definition) is 0. The van der Waals surface area contributed by atoms with Crippen LogP contribution in [0.2, 0.25) is 0 Å². The van der Waals surface area contributed by atoms with Crippen molar-refractivity contribution in [3.63, 3.8) is 0 Å². The van der Waals surface area contributed by atoms with E-state index in [0.717, 1.165) is 17.1 Å². The van der Waals surface area contributed by atoms with Crippen molar-refractivity contribution in [2.24, 2.45) is 0 Å². The molecule has 1 heterocycles. The second-order valence-corrected chi connectivity index (χ2v) is 11.8. The molecule has 9 aromatic rings. The van der Waals surface area contributed by atoms with Crippen molar-refractivity contribution < 1.29 is 0 Å². The Bertz CT molecular complexity index is 2470. The van der Waals surface area contributed by atoms with Gasteiger partial charge in [0.1, 0.15) is 0 Å². The van der Waals surface area contributed by atoms with Gasteiger partial charge in [-0.2, -0.15) is 0 Å². The summed E-state index contributed by atoms with van der Waals surface area (Å²) in [4.78, 5) is 2.49. The normalized spacial score (nSPS) is 11.5. The van der Waals surface area contributed by atoms with E-state index in [9.17, 15) is 0 Å². The van der Waals surface area contributed by atoms with E-state index in [1.54, 1.807) is 0 Å². The van der Waals surface area contributed by atoms with E-state index in [1.165, 1.54) is 60.2 Å². The first kappa shape index (κ1) is 26.3. The molecule has 0 bridgehead atoms. The van der Waals surface area contributed by atoms with E-state index in [2.05, 4.69) is 191 Å². The molecular weight excluding hydrogens is 556 g/mol. The molecule has 0 amide bonds. The lowest BCUT2D eigenvalue weighted by atomic mass is 9.97. The van der Waals surface area contributed by atoms with Crippen LogP contribution in [0.3, 0.4) is 0 Å². The van der Waals surface area contributed by atoms with Gasteiger partial charge in [-0.3, -0.25) is 0 Å². The Labute approximate surface area is 268 Å². The van der Waals surface area contributed by atoms with Crippen LogP contribution < -0.4 is 4.90 Å². The summed E-state index contributed by atoms with van der Waals surface area (Å²) in [5.41, 5.74) is 9.33. The van der Waals surface area contributed by atoms with E-state index < -0.39 is 0 Å². The van der Waals surface area contributed by atoms with Crippen LogP contribution in [0.5, 0.6) is 0 Å². The smallest absolute Gasteiger partial charge is 0.0618 e. The molecule has 216 valence electrons. The Balaban J connectivity index is 1.42. The molecule has 0 spiro atoms. The number of aromatic nitrogens is 1. The van der Waals surface area contributed by atoms with Crippen LogP contribution in [0.15, 0.2) is 182 Å². The minimum absolute atomic E-state index is 1.11. The second-order valence-electron chi connectivity index (χ2n) is 11.8.